The van der Waals surface area contributed by atoms with Gasteiger partial charge in [-0.3, -0.25) is 10.1 Å². The molecule has 0 fully saturated rings. The molecule has 4 rings (SSSR count). The van der Waals surface area contributed by atoms with Crippen LogP contribution in [0, 0.1) is 21.4 Å². The molecule has 1 atom stereocenters. The van der Waals surface area contributed by atoms with Crippen molar-refractivity contribution in [3.05, 3.63) is 99.4 Å². The summed E-state index contributed by atoms with van der Waals surface area (Å²) >= 11 is 0. The fourth-order valence-electron chi connectivity index (χ4n) is 3.90. The number of fused-ring (bicyclic) bond motifs is 1. The van der Waals surface area contributed by atoms with Gasteiger partial charge in [0, 0.05) is 23.8 Å². The normalized spacial score (nSPS) is 14.1. The average Bonchev–Trinajstić information content (AvgIpc) is 2.92. The van der Waals surface area contributed by atoms with Crippen molar-refractivity contribution in [1.82, 2.24) is 0 Å². The molecular formula is C28H25N3O7. The second kappa shape index (κ2) is 11.8. The molecule has 10 nitrogen and oxygen atoms in total. The minimum Gasteiger partial charge on any atom is -0.494 e. The lowest BCUT2D eigenvalue weighted by Crippen LogP contribution is -2.21. The fourth-order valence-corrected chi connectivity index (χ4v) is 3.90. The second-order valence-electron chi connectivity index (χ2n) is 8.41. The smallest absolute Gasteiger partial charge is 0.349 e. The number of benzene rings is 3. The molecule has 3 aromatic rings. The maximum atomic E-state index is 12.3. The molecule has 3 aromatic carbocycles. The van der Waals surface area contributed by atoms with E-state index in [9.17, 15) is 20.2 Å². The molecule has 0 radical (unpaired) electrons. The Kier molecular flexibility index (Phi) is 8.08. The summed E-state index contributed by atoms with van der Waals surface area (Å²) in [6, 6.07) is 19.8. The van der Waals surface area contributed by atoms with Crippen LogP contribution < -0.4 is 24.7 Å². The maximum absolute atomic E-state index is 12.3. The fraction of sp³-hybridized carbons (Fsp3) is 0.214. The molecular weight excluding hydrogens is 490 g/mol. The lowest BCUT2D eigenvalue weighted by Gasteiger charge is -2.26. The Morgan fingerprint density at radius 3 is 2.37 bits per heavy atom. The summed E-state index contributed by atoms with van der Waals surface area (Å²) in [5.74, 6) is 0.401. The van der Waals surface area contributed by atoms with Gasteiger partial charge in [-0.05, 0) is 42.3 Å². The molecule has 1 aliphatic heterocycles. The predicted molar refractivity (Wildman–Crippen MR) is 137 cm³/mol. The molecule has 2 N–H and O–H groups in total. The SMILES string of the molecule is CCCCOc1ccc(C2C(C#N)=C(N)Oc3cc(OC(=O)COc4ccc([N+](=O)[O-])cc4)ccc32)cc1. The van der Waals surface area contributed by atoms with Crippen molar-refractivity contribution in [2.45, 2.75) is 25.7 Å². The zero-order chi connectivity index (χ0) is 27.1. The number of non-ortho nitro benzene ring substituents is 1. The van der Waals surface area contributed by atoms with E-state index in [1.165, 1.54) is 30.3 Å². The van der Waals surface area contributed by atoms with Gasteiger partial charge in [-0.2, -0.15) is 5.26 Å². The number of esters is 1. The first-order chi connectivity index (χ1) is 18.4. The maximum Gasteiger partial charge on any atom is 0.349 e. The van der Waals surface area contributed by atoms with E-state index in [1.54, 1.807) is 12.1 Å². The third-order valence-corrected chi connectivity index (χ3v) is 5.81. The van der Waals surface area contributed by atoms with Gasteiger partial charge in [0.25, 0.3) is 5.69 Å². The van der Waals surface area contributed by atoms with Gasteiger partial charge in [0.05, 0.1) is 17.4 Å². The average molecular weight is 516 g/mol. The van der Waals surface area contributed by atoms with Crippen molar-refractivity contribution in [2.24, 2.45) is 5.73 Å². The van der Waals surface area contributed by atoms with Gasteiger partial charge in [-0.15, -0.1) is 0 Å². The lowest BCUT2D eigenvalue weighted by atomic mass is 9.83. The molecule has 0 aliphatic carbocycles. The van der Waals surface area contributed by atoms with Crippen molar-refractivity contribution in [3.63, 3.8) is 0 Å². The van der Waals surface area contributed by atoms with Crippen LogP contribution in [0.2, 0.25) is 0 Å². The number of carbonyl (C=O) groups excluding carboxylic acids is 1. The van der Waals surface area contributed by atoms with Crippen LogP contribution in [0.1, 0.15) is 36.8 Å². The minimum absolute atomic E-state index is 0.0294. The number of nitrogens with two attached hydrogens (primary N) is 1. The summed E-state index contributed by atoms with van der Waals surface area (Å²) in [5.41, 5.74) is 7.79. The van der Waals surface area contributed by atoms with E-state index in [0.717, 1.165) is 24.2 Å². The molecule has 0 saturated heterocycles. The first-order valence-corrected chi connectivity index (χ1v) is 11.9. The van der Waals surface area contributed by atoms with Crippen LogP contribution >= 0.6 is 0 Å². The van der Waals surface area contributed by atoms with Crippen molar-refractivity contribution >= 4 is 11.7 Å². The van der Waals surface area contributed by atoms with E-state index in [4.69, 9.17) is 24.7 Å². The van der Waals surface area contributed by atoms with Gasteiger partial charge in [0.1, 0.15) is 34.6 Å². The third kappa shape index (κ3) is 6.02. The van der Waals surface area contributed by atoms with Gasteiger partial charge in [-0.25, -0.2) is 4.79 Å². The topological polar surface area (TPSA) is 147 Å². The Bertz CT molecular complexity index is 1390. The van der Waals surface area contributed by atoms with Gasteiger partial charge in [0.2, 0.25) is 5.88 Å². The zero-order valence-corrected chi connectivity index (χ0v) is 20.6. The highest BCUT2D eigenvalue weighted by molar-refractivity contribution is 5.74. The van der Waals surface area contributed by atoms with Crippen molar-refractivity contribution in [2.75, 3.05) is 13.2 Å². The summed E-state index contributed by atoms with van der Waals surface area (Å²) in [6.45, 7) is 2.32. The third-order valence-electron chi connectivity index (χ3n) is 5.81. The van der Waals surface area contributed by atoms with Crippen molar-refractivity contribution in [1.29, 1.82) is 5.26 Å². The summed E-state index contributed by atoms with van der Waals surface area (Å²) in [7, 11) is 0. The number of nitro groups is 1. The van der Waals surface area contributed by atoms with Crippen LogP contribution in [0.5, 0.6) is 23.0 Å². The van der Waals surface area contributed by atoms with Crippen LogP contribution in [0.4, 0.5) is 5.69 Å². The molecule has 1 heterocycles. The predicted octanol–water partition coefficient (Wildman–Crippen LogP) is 4.98. The number of nitriles is 1. The highest BCUT2D eigenvalue weighted by Gasteiger charge is 2.31. The Morgan fingerprint density at radius 1 is 1.05 bits per heavy atom. The van der Waals surface area contributed by atoms with Gasteiger partial charge in [-0.1, -0.05) is 31.5 Å². The largest absolute Gasteiger partial charge is 0.494 e. The number of hydrogen-bond donors (Lipinski definition) is 1. The number of nitro benzene ring substituents is 1. The van der Waals surface area contributed by atoms with Crippen molar-refractivity contribution < 1.29 is 28.7 Å². The number of nitrogens with zero attached hydrogens (tertiary/aromatic N) is 2. The number of carbonyl (C=O) groups is 1. The summed E-state index contributed by atoms with van der Waals surface area (Å²) in [4.78, 5) is 22.5. The van der Waals surface area contributed by atoms with Crippen molar-refractivity contribution in [3.8, 4) is 29.1 Å². The zero-order valence-electron chi connectivity index (χ0n) is 20.6. The van der Waals surface area contributed by atoms with E-state index < -0.39 is 23.4 Å². The van der Waals surface area contributed by atoms with Gasteiger partial charge >= 0.3 is 5.97 Å². The molecule has 0 spiro atoms. The minimum atomic E-state index is -0.685. The molecule has 38 heavy (non-hydrogen) atoms. The molecule has 0 amide bonds. The monoisotopic (exact) mass is 515 g/mol. The second-order valence-corrected chi connectivity index (χ2v) is 8.41. The van der Waals surface area contributed by atoms with E-state index in [1.807, 2.05) is 24.3 Å². The highest BCUT2D eigenvalue weighted by Crippen LogP contribution is 2.43. The first kappa shape index (κ1) is 26.0. The Hall–Kier alpha value is -5.04. The van der Waals surface area contributed by atoms with Gasteiger partial charge < -0.3 is 24.7 Å². The number of unbranched alkanes of at least 4 members (excludes halogenated alkanes) is 1. The van der Waals surface area contributed by atoms with Crippen LogP contribution in [0.3, 0.4) is 0 Å². The Balaban J connectivity index is 1.47. The molecule has 194 valence electrons. The molecule has 1 aliphatic rings. The summed E-state index contributed by atoms with van der Waals surface area (Å²) in [6.07, 6.45) is 2.00. The Labute approximate surface area is 219 Å². The van der Waals surface area contributed by atoms with Crippen LogP contribution in [-0.2, 0) is 4.79 Å². The highest BCUT2D eigenvalue weighted by atomic mass is 16.6. The van der Waals surface area contributed by atoms with E-state index in [-0.39, 0.29) is 28.6 Å². The quantitative estimate of drug-likeness (QED) is 0.130. The van der Waals surface area contributed by atoms with Crippen LogP contribution in [0.15, 0.2) is 78.2 Å². The van der Waals surface area contributed by atoms with Gasteiger partial charge in [0.15, 0.2) is 6.61 Å². The number of rotatable bonds is 10. The molecule has 0 saturated carbocycles. The van der Waals surface area contributed by atoms with Crippen LogP contribution in [-0.4, -0.2) is 24.1 Å². The van der Waals surface area contributed by atoms with E-state index in [0.29, 0.717) is 17.9 Å². The molecule has 0 bridgehead atoms. The van der Waals surface area contributed by atoms with E-state index in [2.05, 4.69) is 13.0 Å². The van der Waals surface area contributed by atoms with E-state index >= 15 is 0 Å². The van der Waals surface area contributed by atoms with Crippen LogP contribution in [0.25, 0.3) is 0 Å². The molecule has 10 heteroatoms. The lowest BCUT2D eigenvalue weighted by molar-refractivity contribution is -0.384. The Morgan fingerprint density at radius 2 is 1.71 bits per heavy atom. The summed E-state index contributed by atoms with van der Waals surface area (Å²) in [5, 5.41) is 20.5. The number of hydrogen-bond acceptors (Lipinski definition) is 9. The number of ether oxygens (including phenoxy) is 4. The standard InChI is InChI=1S/C28H25N3O7/c1-2-3-14-35-20-8-4-18(5-9-20)27-23-13-12-22(15-25(23)38-28(30)24(27)16-29)37-26(32)17-36-21-10-6-19(7-11-21)31(33)34/h4-13,15,27H,2-3,14,17,30H2,1H3. The summed E-state index contributed by atoms with van der Waals surface area (Å²) < 4.78 is 22.1. The molecule has 1 unspecified atom stereocenters. The first-order valence-electron chi connectivity index (χ1n) is 11.9. The molecule has 0 aromatic heterocycles. The number of allylic oxidation sites excluding steroid dienone is 1.